The fraction of sp³-hybridized carbons (Fsp3) is 0. The summed E-state index contributed by atoms with van der Waals surface area (Å²) in [7, 11) is 0. The minimum Gasteiger partial charge on any atom is -0.455 e. The lowest BCUT2D eigenvalue weighted by Crippen LogP contribution is -1.88. The molecule has 0 radical (unpaired) electrons. The number of benzene rings is 5. The van der Waals surface area contributed by atoms with Gasteiger partial charge >= 0.3 is 0 Å². The lowest BCUT2D eigenvalue weighted by atomic mass is 9.96. The van der Waals surface area contributed by atoms with Gasteiger partial charge in [-0.15, -0.1) is 0 Å². The minimum atomic E-state index is -0.420. The van der Waals surface area contributed by atoms with Gasteiger partial charge in [-0.1, -0.05) is 60.7 Å². The Balaban J connectivity index is 1.50. The SMILES string of the molecule is O=[N+]([O-])c1ccc(-c2[nH]c3cc4c(-c5ccccc5)c(-c5ccc([N+](=O)[O-])cc5)oc4cc3c2-c2ccccc2)cc1. The minimum absolute atomic E-state index is 0.00992. The van der Waals surface area contributed by atoms with E-state index >= 15 is 0 Å². The van der Waals surface area contributed by atoms with Crippen molar-refractivity contribution < 1.29 is 14.3 Å². The van der Waals surface area contributed by atoms with Crippen molar-refractivity contribution in [3.63, 3.8) is 0 Å². The molecule has 7 aromatic rings. The van der Waals surface area contributed by atoms with Crippen molar-refractivity contribution in [2.75, 3.05) is 0 Å². The summed E-state index contributed by atoms with van der Waals surface area (Å²) in [6.07, 6.45) is 0. The first kappa shape index (κ1) is 25.0. The standard InChI is InChI=1S/C34H21N3O5/c38-36(39)25-15-11-23(12-16-25)33-31(21-7-3-1-4-8-21)27-20-30-28(19-29(27)35-33)32(22-9-5-2-6-10-22)34(42-30)24-13-17-26(18-14-24)37(40)41/h1-20,35H. The van der Waals surface area contributed by atoms with E-state index in [-0.39, 0.29) is 11.4 Å². The second kappa shape index (κ2) is 9.87. The van der Waals surface area contributed by atoms with Gasteiger partial charge in [-0.25, -0.2) is 0 Å². The predicted octanol–water partition coefficient (Wildman–Crippen LogP) is 9.40. The summed E-state index contributed by atoms with van der Waals surface area (Å²) in [5, 5.41) is 24.3. The Morgan fingerprint density at radius 3 is 1.62 bits per heavy atom. The van der Waals surface area contributed by atoms with Gasteiger partial charge in [-0.3, -0.25) is 20.2 Å². The molecule has 1 N–H and O–H groups in total. The highest BCUT2D eigenvalue weighted by molar-refractivity contribution is 6.12. The topological polar surface area (TPSA) is 115 Å². The third-order valence-electron chi connectivity index (χ3n) is 7.44. The Morgan fingerprint density at radius 1 is 0.548 bits per heavy atom. The van der Waals surface area contributed by atoms with Crippen LogP contribution in [0.3, 0.4) is 0 Å². The molecule has 0 saturated carbocycles. The molecule has 42 heavy (non-hydrogen) atoms. The van der Waals surface area contributed by atoms with Crippen LogP contribution in [0.5, 0.6) is 0 Å². The van der Waals surface area contributed by atoms with Crippen LogP contribution in [0.4, 0.5) is 11.4 Å². The second-order valence-electron chi connectivity index (χ2n) is 9.92. The van der Waals surface area contributed by atoms with Crippen molar-refractivity contribution in [3.05, 3.63) is 142 Å². The molecule has 0 amide bonds. The summed E-state index contributed by atoms with van der Waals surface area (Å²) >= 11 is 0. The van der Waals surface area contributed by atoms with Crippen LogP contribution in [0.2, 0.25) is 0 Å². The van der Waals surface area contributed by atoms with Crippen molar-refractivity contribution in [1.82, 2.24) is 4.98 Å². The van der Waals surface area contributed by atoms with Gasteiger partial charge in [0.2, 0.25) is 0 Å². The lowest BCUT2D eigenvalue weighted by molar-refractivity contribution is -0.385. The van der Waals surface area contributed by atoms with Gasteiger partial charge in [-0.2, -0.15) is 0 Å². The zero-order valence-electron chi connectivity index (χ0n) is 22.0. The largest absolute Gasteiger partial charge is 0.455 e. The summed E-state index contributed by atoms with van der Waals surface area (Å²) in [6.45, 7) is 0. The average molecular weight is 552 g/mol. The maximum absolute atomic E-state index is 11.3. The molecule has 7 rings (SSSR count). The van der Waals surface area contributed by atoms with Gasteiger partial charge < -0.3 is 9.40 Å². The van der Waals surface area contributed by atoms with Crippen LogP contribution < -0.4 is 0 Å². The fourth-order valence-electron chi connectivity index (χ4n) is 5.49. The molecular weight excluding hydrogens is 530 g/mol. The van der Waals surface area contributed by atoms with Crippen LogP contribution in [0, 0.1) is 20.2 Å². The van der Waals surface area contributed by atoms with E-state index in [0.29, 0.717) is 11.3 Å². The Bertz CT molecular complexity index is 1960. The molecule has 0 aliphatic carbocycles. The van der Waals surface area contributed by atoms with Crippen molar-refractivity contribution >= 4 is 33.2 Å². The summed E-state index contributed by atoms with van der Waals surface area (Å²) < 4.78 is 6.54. The Kier molecular flexibility index (Phi) is 5.87. The molecule has 0 unspecified atom stereocenters. The summed E-state index contributed by atoms with van der Waals surface area (Å²) in [6, 6.07) is 36.8. The quantitative estimate of drug-likeness (QED) is 0.163. The average Bonchev–Trinajstić information content (AvgIpc) is 3.59. The zero-order valence-corrected chi connectivity index (χ0v) is 22.0. The molecule has 8 heteroatoms. The van der Waals surface area contributed by atoms with Gasteiger partial charge in [0.25, 0.3) is 11.4 Å². The molecule has 2 aromatic heterocycles. The lowest BCUT2D eigenvalue weighted by Gasteiger charge is -2.06. The zero-order chi connectivity index (χ0) is 28.8. The van der Waals surface area contributed by atoms with Gasteiger partial charge in [-0.05, 0) is 53.1 Å². The van der Waals surface area contributed by atoms with E-state index in [1.54, 1.807) is 24.3 Å². The molecular formula is C34H21N3O5. The molecule has 0 atom stereocenters. The van der Waals surface area contributed by atoms with Gasteiger partial charge in [0.15, 0.2) is 0 Å². The molecule has 0 spiro atoms. The number of aromatic nitrogens is 1. The van der Waals surface area contributed by atoms with Crippen LogP contribution in [-0.4, -0.2) is 14.8 Å². The van der Waals surface area contributed by atoms with Gasteiger partial charge in [0.05, 0.1) is 15.5 Å². The van der Waals surface area contributed by atoms with E-state index in [0.717, 1.165) is 55.4 Å². The van der Waals surface area contributed by atoms with E-state index in [9.17, 15) is 20.2 Å². The third-order valence-corrected chi connectivity index (χ3v) is 7.44. The monoisotopic (exact) mass is 551 g/mol. The Hall–Kier alpha value is -6.02. The third kappa shape index (κ3) is 4.18. The summed E-state index contributed by atoms with van der Waals surface area (Å²) in [5.41, 5.74) is 7.76. The van der Waals surface area contributed by atoms with Crippen LogP contribution in [0.25, 0.3) is 66.7 Å². The highest BCUT2D eigenvalue weighted by atomic mass is 16.6. The van der Waals surface area contributed by atoms with E-state index in [4.69, 9.17) is 4.42 Å². The van der Waals surface area contributed by atoms with Crippen LogP contribution in [-0.2, 0) is 0 Å². The van der Waals surface area contributed by atoms with E-state index in [2.05, 4.69) is 11.1 Å². The van der Waals surface area contributed by atoms with E-state index in [1.165, 1.54) is 24.3 Å². The maximum Gasteiger partial charge on any atom is 0.269 e. The van der Waals surface area contributed by atoms with Crippen LogP contribution >= 0.6 is 0 Å². The number of rotatable bonds is 6. The number of nitrogens with zero attached hydrogens (tertiary/aromatic N) is 2. The van der Waals surface area contributed by atoms with Crippen molar-refractivity contribution in [2.24, 2.45) is 0 Å². The predicted molar refractivity (Wildman–Crippen MR) is 163 cm³/mol. The number of H-pyrrole nitrogens is 1. The van der Waals surface area contributed by atoms with E-state index < -0.39 is 9.85 Å². The molecule has 0 bridgehead atoms. The molecule has 0 fully saturated rings. The normalized spacial score (nSPS) is 11.2. The molecule has 8 nitrogen and oxygen atoms in total. The number of nitro benzene ring substituents is 2. The molecule has 5 aromatic carbocycles. The highest BCUT2D eigenvalue weighted by Crippen LogP contribution is 2.45. The van der Waals surface area contributed by atoms with E-state index in [1.807, 2.05) is 66.7 Å². The Morgan fingerprint density at radius 2 is 1.07 bits per heavy atom. The van der Waals surface area contributed by atoms with Crippen molar-refractivity contribution in [2.45, 2.75) is 0 Å². The first-order valence-electron chi connectivity index (χ1n) is 13.2. The van der Waals surface area contributed by atoms with Crippen molar-refractivity contribution in [3.8, 4) is 44.8 Å². The smallest absolute Gasteiger partial charge is 0.269 e. The number of hydrogen-bond donors (Lipinski definition) is 1. The number of hydrogen-bond acceptors (Lipinski definition) is 5. The molecule has 202 valence electrons. The maximum atomic E-state index is 11.3. The first-order valence-corrected chi connectivity index (χ1v) is 13.2. The second-order valence-corrected chi connectivity index (χ2v) is 9.92. The van der Waals surface area contributed by atoms with Crippen molar-refractivity contribution in [1.29, 1.82) is 0 Å². The fourth-order valence-corrected chi connectivity index (χ4v) is 5.49. The van der Waals surface area contributed by atoms with Crippen LogP contribution in [0.15, 0.2) is 126 Å². The first-order chi connectivity index (χ1) is 20.5. The number of nitro groups is 2. The summed E-state index contributed by atoms with van der Waals surface area (Å²) in [4.78, 5) is 25.3. The van der Waals surface area contributed by atoms with Gasteiger partial charge in [0, 0.05) is 57.2 Å². The highest BCUT2D eigenvalue weighted by Gasteiger charge is 2.22. The number of nitrogens with one attached hydrogen (secondary N) is 1. The summed E-state index contributed by atoms with van der Waals surface area (Å²) in [5.74, 6) is 0.621. The number of non-ortho nitro benzene ring substituents is 2. The van der Waals surface area contributed by atoms with Gasteiger partial charge in [0.1, 0.15) is 11.3 Å². The molecule has 0 saturated heterocycles. The number of aromatic amines is 1. The Labute approximate surface area is 238 Å². The molecule has 0 aliphatic rings. The van der Waals surface area contributed by atoms with Crippen LogP contribution in [0.1, 0.15) is 0 Å². The molecule has 0 aliphatic heterocycles. The number of furan rings is 1. The number of fused-ring (bicyclic) bond motifs is 2. The molecule has 2 heterocycles.